The topological polar surface area (TPSA) is 72.3 Å². The molecule has 0 saturated heterocycles. The van der Waals surface area contributed by atoms with Crippen LogP contribution in [0.5, 0.6) is 5.75 Å². The highest BCUT2D eigenvalue weighted by molar-refractivity contribution is 5.91. The molecule has 0 atom stereocenters. The van der Waals surface area contributed by atoms with E-state index < -0.39 is 6.61 Å². The van der Waals surface area contributed by atoms with Crippen molar-refractivity contribution in [1.29, 1.82) is 0 Å². The van der Waals surface area contributed by atoms with Gasteiger partial charge in [0.15, 0.2) is 0 Å². The number of rotatable bonds is 6. The molecule has 1 amide bonds. The Labute approximate surface area is 137 Å². The van der Waals surface area contributed by atoms with Crippen LogP contribution in [0.25, 0.3) is 0 Å². The number of benzene rings is 1. The molecule has 0 aliphatic carbocycles. The van der Waals surface area contributed by atoms with Crippen molar-refractivity contribution in [2.75, 3.05) is 13.6 Å². The van der Waals surface area contributed by atoms with Gasteiger partial charge in [0.2, 0.25) is 5.82 Å². The molecule has 1 aromatic carbocycles. The predicted molar refractivity (Wildman–Crippen MR) is 80.6 cm³/mol. The van der Waals surface area contributed by atoms with Crippen LogP contribution in [0.2, 0.25) is 0 Å². The maximum absolute atomic E-state index is 12.3. The van der Waals surface area contributed by atoms with E-state index in [1.807, 2.05) is 18.0 Å². The number of alkyl halides is 2. The molecule has 2 aromatic rings. The Morgan fingerprint density at radius 3 is 3.00 bits per heavy atom. The molecule has 1 aliphatic rings. The van der Waals surface area contributed by atoms with E-state index >= 15 is 0 Å². The lowest BCUT2D eigenvalue weighted by Gasteiger charge is -2.19. The van der Waals surface area contributed by atoms with Gasteiger partial charge in [0.25, 0.3) is 5.91 Å². The Kier molecular flexibility index (Phi) is 4.70. The van der Waals surface area contributed by atoms with Gasteiger partial charge in [-0.05, 0) is 24.7 Å². The van der Waals surface area contributed by atoms with Crippen molar-refractivity contribution in [3.8, 4) is 5.75 Å². The number of ether oxygens (including phenoxy) is 1. The fourth-order valence-corrected chi connectivity index (χ4v) is 2.64. The minimum Gasteiger partial charge on any atom is -0.435 e. The molecule has 128 valence electrons. The van der Waals surface area contributed by atoms with Crippen LogP contribution in [0.3, 0.4) is 0 Å². The van der Waals surface area contributed by atoms with Crippen molar-refractivity contribution < 1.29 is 18.3 Å². The van der Waals surface area contributed by atoms with E-state index in [0.717, 1.165) is 5.56 Å². The molecule has 0 unspecified atom stereocenters. The number of carbonyl (C=O) groups excluding carboxylic acids is 1. The first-order valence-corrected chi connectivity index (χ1v) is 7.45. The molecular weight excluding hydrogens is 320 g/mol. The zero-order valence-electron chi connectivity index (χ0n) is 13.1. The number of hydrogen-bond acceptors (Lipinski definition) is 5. The summed E-state index contributed by atoms with van der Waals surface area (Å²) in [6, 6.07) is 6.57. The number of amides is 1. The highest BCUT2D eigenvalue weighted by Crippen LogP contribution is 2.17. The number of hydrogen-bond donors (Lipinski definition) is 1. The summed E-state index contributed by atoms with van der Waals surface area (Å²) in [5.74, 6) is 0.922. The Bertz CT molecular complexity index is 734. The summed E-state index contributed by atoms with van der Waals surface area (Å²) in [6.07, 6.45) is 0. The first-order valence-electron chi connectivity index (χ1n) is 7.45. The molecule has 9 heteroatoms. The fraction of sp³-hybridized carbons (Fsp3) is 0.400. The number of nitrogens with one attached hydrogen (secondary N) is 1. The molecule has 0 saturated carbocycles. The van der Waals surface area contributed by atoms with Crippen LogP contribution in [0, 0.1) is 0 Å². The Morgan fingerprint density at radius 2 is 2.21 bits per heavy atom. The molecule has 0 bridgehead atoms. The molecule has 0 spiro atoms. The van der Waals surface area contributed by atoms with Gasteiger partial charge in [0, 0.05) is 19.6 Å². The second-order valence-corrected chi connectivity index (χ2v) is 5.55. The number of nitrogens with zero attached hydrogens (tertiary/aromatic N) is 4. The third kappa shape index (κ3) is 3.67. The first-order chi connectivity index (χ1) is 11.5. The van der Waals surface area contributed by atoms with Crippen LogP contribution in [-0.4, -0.2) is 45.8 Å². The van der Waals surface area contributed by atoms with E-state index in [4.69, 9.17) is 0 Å². The molecular formula is C15H17F2N5O2. The highest BCUT2D eigenvalue weighted by Gasteiger charge is 2.22. The summed E-state index contributed by atoms with van der Waals surface area (Å²) < 4.78 is 30.8. The lowest BCUT2D eigenvalue weighted by Crippen LogP contribution is -2.36. The van der Waals surface area contributed by atoms with E-state index in [1.165, 1.54) is 6.07 Å². The van der Waals surface area contributed by atoms with Crippen molar-refractivity contribution in [1.82, 2.24) is 25.0 Å². The second-order valence-electron chi connectivity index (χ2n) is 5.55. The van der Waals surface area contributed by atoms with Gasteiger partial charge >= 0.3 is 6.61 Å². The van der Waals surface area contributed by atoms with Crippen molar-refractivity contribution in [2.24, 2.45) is 0 Å². The quantitative estimate of drug-likeness (QED) is 0.859. The summed E-state index contributed by atoms with van der Waals surface area (Å²) in [5, 5.41) is 10.7. The summed E-state index contributed by atoms with van der Waals surface area (Å²) in [6.45, 7) is -0.649. The summed E-state index contributed by atoms with van der Waals surface area (Å²) in [5.41, 5.74) is 0.840. The number of fused-ring (bicyclic) bond motifs is 1. The molecule has 1 aromatic heterocycles. The summed E-state index contributed by atoms with van der Waals surface area (Å²) in [4.78, 5) is 13.6. The van der Waals surface area contributed by atoms with E-state index in [0.29, 0.717) is 37.8 Å². The Morgan fingerprint density at radius 1 is 1.38 bits per heavy atom. The van der Waals surface area contributed by atoms with Crippen LogP contribution >= 0.6 is 0 Å². The standard InChI is InChI=1S/C15H17F2N5O2/c1-21(8-10-3-2-4-11(7-10)24-15(16)17)9-12-19-20-13-14(23)18-5-6-22(12)13/h2-4,7,15H,5-6,8-9H2,1H3,(H,18,23). The largest absolute Gasteiger partial charge is 0.435 e. The van der Waals surface area contributed by atoms with Crippen molar-refractivity contribution in [2.45, 2.75) is 26.2 Å². The molecule has 0 radical (unpaired) electrons. The molecule has 1 N–H and O–H groups in total. The monoisotopic (exact) mass is 337 g/mol. The highest BCUT2D eigenvalue weighted by atomic mass is 19.3. The van der Waals surface area contributed by atoms with Crippen molar-refractivity contribution >= 4 is 5.91 Å². The van der Waals surface area contributed by atoms with Crippen LogP contribution < -0.4 is 10.1 Å². The van der Waals surface area contributed by atoms with Gasteiger partial charge in [-0.3, -0.25) is 9.69 Å². The van der Waals surface area contributed by atoms with E-state index in [1.54, 1.807) is 16.7 Å². The van der Waals surface area contributed by atoms with E-state index in [2.05, 4.69) is 20.3 Å². The molecule has 1 aliphatic heterocycles. The molecule has 7 nitrogen and oxygen atoms in total. The van der Waals surface area contributed by atoms with Gasteiger partial charge in [-0.1, -0.05) is 12.1 Å². The van der Waals surface area contributed by atoms with Crippen LogP contribution in [0.1, 0.15) is 22.0 Å². The van der Waals surface area contributed by atoms with E-state index in [-0.39, 0.29) is 11.7 Å². The molecule has 24 heavy (non-hydrogen) atoms. The molecule has 0 fully saturated rings. The van der Waals surface area contributed by atoms with Crippen LogP contribution in [0.4, 0.5) is 8.78 Å². The Hall–Kier alpha value is -2.55. The average molecular weight is 337 g/mol. The van der Waals surface area contributed by atoms with E-state index in [9.17, 15) is 13.6 Å². The smallest absolute Gasteiger partial charge is 0.387 e. The van der Waals surface area contributed by atoms with Gasteiger partial charge in [-0.15, -0.1) is 10.2 Å². The maximum atomic E-state index is 12.3. The van der Waals surface area contributed by atoms with Gasteiger partial charge in [0.05, 0.1) is 6.54 Å². The van der Waals surface area contributed by atoms with Gasteiger partial charge in [-0.2, -0.15) is 8.78 Å². The average Bonchev–Trinajstić information content (AvgIpc) is 2.91. The molecule has 2 heterocycles. The lowest BCUT2D eigenvalue weighted by molar-refractivity contribution is -0.0499. The van der Waals surface area contributed by atoms with Gasteiger partial charge in [0.1, 0.15) is 11.6 Å². The van der Waals surface area contributed by atoms with Gasteiger partial charge in [-0.25, -0.2) is 0 Å². The maximum Gasteiger partial charge on any atom is 0.387 e. The lowest BCUT2D eigenvalue weighted by atomic mass is 10.2. The Balaban J connectivity index is 1.66. The number of aromatic nitrogens is 3. The minimum atomic E-state index is -2.84. The predicted octanol–water partition coefficient (Wildman–Crippen LogP) is 1.25. The van der Waals surface area contributed by atoms with Gasteiger partial charge < -0.3 is 14.6 Å². The zero-order chi connectivity index (χ0) is 17.1. The third-order valence-corrected chi connectivity index (χ3v) is 3.64. The number of carbonyl (C=O) groups is 1. The third-order valence-electron chi connectivity index (χ3n) is 3.64. The first kappa shape index (κ1) is 16.3. The molecule has 3 rings (SSSR count). The van der Waals surface area contributed by atoms with Crippen molar-refractivity contribution in [3.63, 3.8) is 0 Å². The second kappa shape index (κ2) is 6.91. The normalized spacial score (nSPS) is 14.0. The van der Waals surface area contributed by atoms with Crippen LogP contribution in [0.15, 0.2) is 24.3 Å². The zero-order valence-corrected chi connectivity index (χ0v) is 13.1. The summed E-state index contributed by atoms with van der Waals surface area (Å²) in [7, 11) is 1.88. The van der Waals surface area contributed by atoms with Crippen LogP contribution in [-0.2, 0) is 19.6 Å². The SMILES string of the molecule is CN(Cc1cccc(OC(F)F)c1)Cc1nnc2n1CCNC2=O. The summed E-state index contributed by atoms with van der Waals surface area (Å²) >= 11 is 0. The minimum absolute atomic E-state index is 0.132. The van der Waals surface area contributed by atoms with Crippen molar-refractivity contribution in [3.05, 3.63) is 41.5 Å². The fourth-order valence-electron chi connectivity index (χ4n) is 2.64. The number of halogens is 2.